The van der Waals surface area contributed by atoms with E-state index in [1.165, 1.54) is 32.8 Å². The fourth-order valence-corrected chi connectivity index (χ4v) is 4.46. The van der Waals surface area contributed by atoms with Crippen LogP contribution in [0.25, 0.3) is 22.3 Å². The van der Waals surface area contributed by atoms with Crippen molar-refractivity contribution in [3.63, 3.8) is 0 Å². The highest BCUT2D eigenvalue weighted by Crippen LogP contribution is 2.34. The van der Waals surface area contributed by atoms with E-state index in [9.17, 15) is 16.8 Å². The number of fused-ring (bicyclic) bond motifs is 1. The summed E-state index contributed by atoms with van der Waals surface area (Å²) in [5.74, 6) is 1.10. The summed E-state index contributed by atoms with van der Waals surface area (Å²) >= 11 is 0. The van der Waals surface area contributed by atoms with E-state index in [0.29, 0.717) is 45.2 Å². The van der Waals surface area contributed by atoms with E-state index in [-0.39, 0.29) is 13.2 Å². The molecule has 196 valence electrons. The van der Waals surface area contributed by atoms with Crippen LogP contribution in [0.4, 0.5) is 11.4 Å². The van der Waals surface area contributed by atoms with Crippen LogP contribution in [0.5, 0.6) is 11.5 Å². The van der Waals surface area contributed by atoms with Crippen molar-refractivity contribution in [3.05, 3.63) is 55.0 Å². The van der Waals surface area contributed by atoms with Crippen LogP contribution < -0.4 is 14.4 Å². The van der Waals surface area contributed by atoms with Gasteiger partial charge in [-0.1, -0.05) is 0 Å². The Hall–Kier alpha value is -3.75. The lowest BCUT2D eigenvalue weighted by molar-refractivity contribution is 0.330. The number of benzene rings is 2. The zero-order chi connectivity index (χ0) is 26.8. The summed E-state index contributed by atoms with van der Waals surface area (Å²) in [5, 5.41) is 3.88. The largest absolute Gasteiger partial charge is 0.497 e. The summed E-state index contributed by atoms with van der Waals surface area (Å²) in [6.45, 7) is 0.0793. The lowest BCUT2D eigenvalue weighted by Gasteiger charge is -2.26. The van der Waals surface area contributed by atoms with Gasteiger partial charge in [-0.25, -0.2) is 13.4 Å². The highest BCUT2D eigenvalue weighted by atomic mass is 32.2. The Morgan fingerprint density at radius 1 is 0.892 bits per heavy atom. The number of ether oxygens (including phenoxy) is 2. The first-order valence-electron chi connectivity index (χ1n) is 10.8. The van der Waals surface area contributed by atoms with Gasteiger partial charge in [-0.3, -0.25) is 9.17 Å². The van der Waals surface area contributed by atoms with E-state index in [1.807, 2.05) is 11.0 Å². The van der Waals surface area contributed by atoms with E-state index in [4.69, 9.17) is 13.7 Å². The summed E-state index contributed by atoms with van der Waals surface area (Å²) in [6.07, 6.45) is 6.35. The van der Waals surface area contributed by atoms with Crippen LogP contribution in [-0.2, 0) is 24.3 Å². The quantitative estimate of drug-likeness (QED) is 0.270. The van der Waals surface area contributed by atoms with E-state index in [1.54, 1.807) is 30.3 Å². The standard InChI is InChI=1S/C23H25N5O7S2/c1-33-19-9-18(10-20(12-19)34-2)27(7-8-35-37(4,31)32)17-5-6-21-22(11-17)26-23(14-24-21)16-13-25-28(15-16)36(3,29)30/h5-6,9-15H,7-8H2,1-4H3. The van der Waals surface area contributed by atoms with Crippen LogP contribution in [0, 0.1) is 0 Å². The molecule has 2 aromatic carbocycles. The molecule has 0 unspecified atom stereocenters. The summed E-state index contributed by atoms with van der Waals surface area (Å²) in [5.41, 5.74) is 3.42. The smallest absolute Gasteiger partial charge is 0.264 e. The lowest BCUT2D eigenvalue weighted by atomic mass is 10.2. The number of anilines is 2. The molecule has 0 bridgehead atoms. The van der Waals surface area contributed by atoms with Crippen molar-refractivity contribution in [1.29, 1.82) is 0 Å². The topological polar surface area (TPSA) is 143 Å². The SMILES string of the molecule is COc1cc(OC)cc(N(CCOS(C)(=O)=O)c2ccc3ncc(-c4cnn(S(C)(=O)=O)c4)nc3c2)c1. The number of methoxy groups -OCH3 is 2. The average molecular weight is 548 g/mol. The molecule has 2 heterocycles. The second kappa shape index (κ2) is 10.3. The molecule has 12 nitrogen and oxygen atoms in total. The van der Waals surface area contributed by atoms with Crippen LogP contribution in [0.2, 0.25) is 0 Å². The van der Waals surface area contributed by atoms with Gasteiger partial charge in [0.05, 0.1) is 68.7 Å². The minimum Gasteiger partial charge on any atom is -0.497 e. The van der Waals surface area contributed by atoms with Crippen molar-refractivity contribution in [2.24, 2.45) is 0 Å². The van der Waals surface area contributed by atoms with Crippen molar-refractivity contribution >= 4 is 42.5 Å². The van der Waals surface area contributed by atoms with Gasteiger partial charge in [0.15, 0.2) is 0 Å². The molecular weight excluding hydrogens is 522 g/mol. The van der Waals surface area contributed by atoms with Crippen molar-refractivity contribution in [2.75, 3.05) is 44.8 Å². The molecule has 14 heteroatoms. The summed E-state index contributed by atoms with van der Waals surface area (Å²) in [6, 6.07) is 10.7. The van der Waals surface area contributed by atoms with Crippen molar-refractivity contribution in [1.82, 2.24) is 19.2 Å². The number of hydrogen-bond acceptors (Lipinski definition) is 11. The molecule has 0 spiro atoms. The maximum atomic E-state index is 11.8. The van der Waals surface area contributed by atoms with E-state index in [2.05, 4.69) is 15.1 Å². The normalized spacial score (nSPS) is 12.0. The molecule has 0 fully saturated rings. The van der Waals surface area contributed by atoms with Gasteiger partial charge in [0.1, 0.15) is 11.5 Å². The first kappa shape index (κ1) is 26.3. The Bertz CT molecular complexity index is 1630. The van der Waals surface area contributed by atoms with Gasteiger partial charge in [-0.2, -0.15) is 17.6 Å². The van der Waals surface area contributed by atoms with Gasteiger partial charge < -0.3 is 14.4 Å². The van der Waals surface area contributed by atoms with Crippen LogP contribution in [0.3, 0.4) is 0 Å². The molecule has 0 aliphatic heterocycles. The molecule has 4 rings (SSSR count). The fraction of sp³-hybridized carbons (Fsp3) is 0.261. The maximum Gasteiger partial charge on any atom is 0.264 e. The van der Waals surface area contributed by atoms with Crippen molar-refractivity contribution in [3.8, 4) is 22.8 Å². The molecule has 4 aromatic rings. The van der Waals surface area contributed by atoms with Gasteiger partial charge in [0.2, 0.25) is 0 Å². The summed E-state index contributed by atoms with van der Waals surface area (Å²) in [7, 11) is -4.10. The molecular formula is C23H25N5O7S2. The lowest BCUT2D eigenvalue weighted by Crippen LogP contribution is -2.23. The third kappa shape index (κ3) is 6.34. The van der Waals surface area contributed by atoms with Gasteiger partial charge >= 0.3 is 0 Å². The number of rotatable bonds is 10. The molecule has 2 aromatic heterocycles. The molecule has 0 aliphatic carbocycles. The van der Waals surface area contributed by atoms with E-state index < -0.39 is 20.1 Å². The Balaban J connectivity index is 1.77. The molecule has 0 radical (unpaired) electrons. The summed E-state index contributed by atoms with van der Waals surface area (Å²) in [4.78, 5) is 10.9. The first-order chi connectivity index (χ1) is 17.5. The minimum absolute atomic E-state index is 0.104. The van der Waals surface area contributed by atoms with E-state index >= 15 is 0 Å². The highest BCUT2D eigenvalue weighted by molar-refractivity contribution is 7.89. The Labute approximate surface area is 214 Å². The molecule has 37 heavy (non-hydrogen) atoms. The van der Waals surface area contributed by atoms with Gasteiger partial charge in [-0.05, 0) is 18.2 Å². The van der Waals surface area contributed by atoms with Crippen LogP contribution >= 0.6 is 0 Å². The maximum absolute atomic E-state index is 11.8. The van der Waals surface area contributed by atoms with Crippen molar-refractivity contribution < 1.29 is 30.5 Å². The zero-order valence-electron chi connectivity index (χ0n) is 20.5. The first-order valence-corrected chi connectivity index (χ1v) is 14.5. The zero-order valence-corrected chi connectivity index (χ0v) is 22.2. The molecule has 0 saturated carbocycles. The van der Waals surface area contributed by atoms with E-state index in [0.717, 1.165) is 16.6 Å². The fourth-order valence-electron chi connectivity index (χ4n) is 3.56. The number of nitrogens with zero attached hydrogens (tertiary/aromatic N) is 5. The molecule has 0 saturated heterocycles. The Morgan fingerprint density at radius 3 is 2.19 bits per heavy atom. The third-order valence-corrected chi connectivity index (χ3v) is 6.77. The second-order valence-electron chi connectivity index (χ2n) is 8.04. The molecule has 0 atom stereocenters. The number of aromatic nitrogens is 4. The van der Waals surface area contributed by atoms with Crippen LogP contribution in [-0.4, -0.2) is 75.9 Å². The third-order valence-electron chi connectivity index (χ3n) is 5.29. The van der Waals surface area contributed by atoms with Gasteiger partial charge in [0, 0.05) is 41.7 Å². The second-order valence-corrected chi connectivity index (χ2v) is 11.5. The predicted octanol–water partition coefficient (Wildman–Crippen LogP) is 2.43. The Morgan fingerprint density at radius 2 is 1.59 bits per heavy atom. The monoisotopic (exact) mass is 547 g/mol. The molecule has 0 amide bonds. The Kier molecular flexibility index (Phi) is 7.34. The van der Waals surface area contributed by atoms with Crippen LogP contribution in [0.15, 0.2) is 55.0 Å². The van der Waals surface area contributed by atoms with Crippen LogP contribution in [0.1, 0.15) is 0 Å². The average Bonchev–Trinajstić information content (AvgIpc) is 3.36. The molecule has 0 N–H and O–H groups in total. The minimum atomic E-state index is -3.64. The van der Waals surface area contributed by atoms with Gasteiger partial charge in [0.25, 0.3) is 20.1 Å². The highest BCUT2D eigenvalue weighted by Gasteiger charge is 2.16. The molecule has 0 aliphatic rings. The van der Waals surface area contributed by atoms with Gasteiger partial charge in [-0.15, -0.1) is 0 Å². The number of hydrogen-bond donors (Lipinski definition) is 0. The summed E-state index contributed by atoms with van der Waals surface area (Å²) < 4.78 is 63.3. The van der Waals surface area contributed by atoms with Crippen molar-refractivity contribution in [2.45, 2.75) is 0 Å². The predicted molar refractivity (Wildman–Crippen MR) is 138 cm³/mol.